The summed E-state index contributed by atoms with van der Waals surface area (Å²) in [7, 11) is 3.39. The van der Waals surface area contributed by atoms with E-state index in [1.165, 1.54) is 0 Å². The highest BCUT2D eigenvalue weighted by molar-refractivity contribution is 4.45. The number of methoxy groups -OCH3 is 2. The molecule has 0 saturated carbocycles. The second-order valence-electron chi connectivity index (χ2n) is 2.70. The maximum Gasteiger partial charge on any atom is 0.0700 e. The minimum atomic E-state index is 0.670. The summed E-state index contributed by atoms with van der Waals surface area (Å²) in [5.41, 5.74) is 0. The summed E-state index contributed by atoms with van der Waals surface area (Å²) in [6, 6.07) is 0. The van der Waals surface area contributed by atoms with Gasteiger partial charge in [0.15, 0.2) is 0 Å². The summed E-state index contributed by atoms with van der Waals surface area (Å²) in [4.78, 5) is 0. The Morgan fingerprint density at radius 3 is 2.31 bits per heavy atom. The lowest BCUT2D eigenvalue weighted by molar-refractivity contribution is 0.0718. The fraction of sp³-hybridized carbons (Fsp3) is 1.00. The van der Waals surface area contributed by atoms with Crippen LogP contribution in [0.15, 0.2) is 0 Å². The van der Waals surface area contributed by atoms with Crippen molar-refractivity contribution in [2.45, 2.75) is 6.42 Å². The lowest BCUT2D eigenvalue weighted by atomic mass is 10.4. The van der Waals surface area contributed by atoms with E-state index in [9.17, 15) is 0 Å². The molecule has 0 fully saturated rings. The minimum absolute atomic E-state index is 0.670. The molecule has 0 aliphatic rings. The first-order chi connectivity index (χ1) is 6.41. The van der Waals surface area contributed by atoms with Gasteiger partial charge in [-0.25, -0.2) is 0 Å². The Morgan fingerprint density at radius 2 is 1.62 bits per heavy atom. The molecule has 13 heavy (non-hydrogen) atoms. The van der Waals surface area contributed by atoms with Crippen molar-refractivity contribution < 1.29 is 14.2 Å². The molecule has 80 valence electrons. The summed E-state index contributed by atoms with van der Waals surface area (Å²) in [5, 5.41) is 3.25. The topological polar surface area (TPSA) is 39.7 Å². The van der Waals surface area contributed by atoms with Crippen LogP contribution in [0.2, 0.25) is 0 Å². The van der Waals surface area contributed by atoms with Crippen molar-refractivity contribution in [2.24, 2.45) is 0 Å². The molecule has 0 aromatic heterocycles. The van der Waals surface area contributed by atoms with Gasteiger partial charge in [0, 0.05) is 27.4 Å². The first-order valence-electron chi connectivity index (χ1n) is 4.68. The molecular formula is C9H21NO3. The molecule has 0 aliphatic heterocycles. The molecule has 0 radical (unpaired) electrons. The summed E-state index contributed by atoms with van der Waals surface area (Å²) in [6.07, 6.45) is 1.05. The number of rotatable bonds is 10. The molecule has 0 heterocycles. The fourth-order valence-corrected chi connectivity index (χ4v) is 0.855. The highest BCUT2D eigenvalue weighted by Gasteiger charge is 1.88. The molecule has 0 saturated heterocycles. The van der Waals surface area contributed by atoms with Crippen LogP contribution in [0.1, 0.15) is 6.42 Å². The van der Waals surface area contributed by atoms with Crippen LogP contribution in [0.25, 0.3) is 0 Å². The number of hydrogen-bond acceptors (Lipinski definition) is 4. The summed E-state index contributed by atoms with van der Waals surface area (Å²) < 4.78 is 15.0. The van der Waals surface area contributed by atoms with Gasteiger partial charge in [-0.05, 0) is 13.0 Å². The summed E-state index contributed by atoms with van der Waals surface area (Å²) in [5.74, 6) is 0. The van der Waals surface area contributed by atoms with E-state index in [0.717, 1.165) is 32.7 Å². The van der Waals surface area contributed by atoms with E-state index in [4.69, 9.17) is 14.2 Å². The average molecular weight is 191 g/mol. The van der Waals surface area contributed by atoms with Gasteiger partial charge in [-0.3, -0.25) is 0 Å². The molecule has 0 spiro atoms. The quantitative estimate of drug-likeness (QED) is 0.503. The van der Waals surface area contributed by atoms with Crippen LogP contribution in [0, 0.1) is 0 Å². The third kappa shape index (κ3) is 11.8. The Bertz CT molecular complexity index is 80.9. The highest BCUT2D eigenvalue weighted by atomic mass is 16.5. The van der Waals surface area contributed by atoms with E-state index in [0.29, 0.717) is 13.2 Å². The molecule has 0 aromatic rings. The maximum absolute atomic E-state index is 5.26. The van der Waals surface area contributed by atoms with Crippen LogP contribution in [0.4, 0.5) is 0 Å². The van der Waals surface area contributed by atoms with E-state index >= 15 is 0 Å². The zero-order valence-corrected chi connectivity index (χ0v) is 8.67. The molecule has 4 nitrogen and oxygen atoms in total. The number of nitrogens with one attached hydrogen (secondary N) is 1. The van der Waals surface area contributed by atoms with E-state index in [2.05, 4.69) is 5.32 Å². The van der Waals surface area contributed by atoms with Gasteiger partial charge >= 0.3 is 0 Å². The summed E-state index contributed by atoms with van der Waals surface area (Å²) >= 11 is 0. The molecule has 0 amide bonds. The van der Waals surface area contributed by atoms with Crippen LogP contribution < -0.4 is 5.32 Å². The molecule has 0 unspecified atom stereocenters. The molecule has 0 aromatic carbocycles. The second kappa shape index (κ2) is 11.8. The Kier molecular flexibility index (Phi) is 11.7. The van der Waals surface area contributed by atoms with E-state index in [1.54, 1.807) is 14.2 Å². The van der Waals surface area contributed by atoms with E-state index in [1.807, 2.05) is 0 Å². The van der Waals surface area contributed by atoms with Gasteiger partial charge in [-0.2, -0.15) is 0 Å². The monoisotopic (exact) mass is 191 g/mol. The van der Waals surface area contributed by atoms with Gasteiger partial charge in [0.1, 0.15) is 0 Å². The third-order valence-corrected chi connectivity index (χ3v) is 1.56. The number of hydrogen-bond donors (Lipinski definition) is 1. The van der Waals surface area contributed by atoms with Crippen molar-refractivity contribution in [1.82, 2.24) is 5.32 Å². The Balaban J connectivity index is 2.76. The molecular weight excluding hydrogens is 170 g/mol. The predicted octanol–water partition coefficient (Wildman–Crippen LogP) is 0.276. The van der Waals surface area contributed by atoms with Crippen molar-refractivity contribution >= 4 is 0 Å². The first-order valence-corrected chi connectivity index (χ1v) is 4.68. The maximum atomic E-state index is 5.26. The standard InChI is InChI=1S/C9H21NO3/c1-11-6-3-4-10-5-7-13-9-8-12-2/h10H,3-9H2,1-2H3. The van der Waals surface area contributed by atoms with Crippen LogP contribution in [0.5, 0.6) is 0 Å². The normalized spacial score (nSPS) is 10.6. The predicted molar refractivity (Wildman–Crippen MR) is 52.1 cm³/mol. The van der Waals surface area contributed by atoms with Gasteiger partial charge < -0.3 is 19.5 Å². The van der Waals surface area contributed by atoms with Crippen molar-refractivity contribution in [1.29, 1.82) is 0 Å². The SMILES string of the molecule is COCCCNCCOCCOC. The highest BCUT2D eigenvalue weighted by Crippen LogP contribution is 1.78. The molecule has 0 atom stereocenters. The van der Waals surface area contributed by atoms with Crippen LogP contribution >= 0.6 is 0 Å². The van der Waals surface area contributed by atoms with Gasteiger partial charge in [0.2, 0.25) is 0 Å². The lowest BCUT2D eigenvalue weighted by Gasteiger charge is -2.05. The second-order valence-corrected chi connectivity index (χ2v) is 2.70. The van der Waals surface area contributed by atoms with Gasteiger partial charge in [-0.15, -0.1) is 0 Å². The molecule has 0 aliphatic carbocycles. The fourth-order valence-electron chi connectivity index (χ4n) is 0.855. The number of ether oxygens (including phenoxy) is 3. The first kappa shape index (κ1) is 12.8. The average Bonchev–Trinajstić information content (AvgIpc) is 2.16. The Hall–Kier alpha value is -0.160. The van der Waals surface area contributed by atoms with Gasteiger partial charge in [0.25, 0.3) is 0 Å². The largest absolute Gasteiger partial charge is 0.385 e. The minimum Gasteiger partial charge on any atom is -0.385 e. The van der Waals surface area contributed by atoms with Crippen LogP contribution in [-0.2, 0) is 14.2 Å². The van der Waals surface area contributed by atoms with Crippen molar-refractivity contribution in [2.75, 3.05) is 53.7 Å². The zero-order chi connectivity index (χ0) is 9.78. The van der Waals surface area contributed by atoms with Gasteiger partial charge in [-0.1, -0.05) is 0 Å². The lowest BCUT2D eigenvalue weighted by Crippen LogP contribution is -2.22. The molecule has 1 N–H and O–H groups in total. The molecule has 0 rings (SSSR count). The van der Waals surface area contributed by atoms with E-state index in [-0.39, 0.29) is 0 Å². The van der Waals surface area contributed by atoms with Crippen molar-refractivity contribution in [3.05, 3.63) is 0 Å². The van der Waals surface area contributed by atoms with E-state index < -0.39 is 0 Å². The molecule has 4 heteroatoms. The van der Waals surface area contributed by atoms with Crippen molar-refractivity contribution in [3.63, 3.8) is 0 Å². The summed E-state index contributed by atoms with van der Waals surface area (Å²) in [6.45, 7) is 4.79. The zero-order valence-electron chi connectivity index (χ0n) is 8.67. The Morgan fingerprint density at radius 1 is 0.846 bits per heavy atom. The van der Waals surface area contributed by atoms with Crippen LogP contribution in [-0.4, -0.2) is 53.7 Å². The Labute approximate surface area is 80.5 Å². The smallest absolute Gasteiger partial charge is 0.0700 e. The van der Waals surface area contributed by atoms with Crippen LogP contribution in [0.3, 0.4) is 0 Å². The van der Waals surface area contributed by atoms with Gasteiger partial charge in [0.05, 0.1) is 19.8 Å². The molecule has 0 bridgehead atoms. The van der Waals surface area contributed by atoms with Crippen molar-refractivity contribution in [3.8, 4) is 0 Å². The third-order valence-electron chi connectivity index (χ3n) is 1.56.